The number of nitrogens with zero attached hydrogens (tertiary/aromatic N) is 1. The van der Waals surface area contributed by atoms with Gasteiger partial charge in [-0.25, -0.2) is 0 Å². The fraction of sp³-hybridized carbons (Fsp3) is 0.400. The zero-order valence-corrected chi connectivity index (χ0v) is 19.0. The van der Waals surface area contributed by atoms with E-state index in [1.165, 1.54) is 0 Å². The largest absolute Gasteiger partial charge is 0.465 e. The molecule has 2 aromatic rings. The van der Waals surface area contributed by atoms with E-state index >= 15 is 0 Å². The van der Waals surface area contributed by atoms with Crippen LogP contribution in [0.2, 0.25) is 0 Å². The summed E-state index contributed by atoms with van der Waals surface area (Å²) in [4.78, 5) is 0. The highest BCUT2D eigenvalue weighted by molar-refractivity contribution is 7.42. The van der Waals surface area contributed by atoms with E-state index in [1.807, 2.05) is 36.4 Å². The highest BCUT2D eigenvalue weighted by Gasteiger charge is 2.22. The van der Waals surface area contributed by atoms with Crippen LogP contribution in [0, 0.1) is 0 Å². The molecule has 0 bridgehead atoms. The number of benzene rings is 2. The Hall–Kier alpha value is -1.30. The second-order valence-electron chi connectivity index (χ2n) is 7.18. The molecule has 0 aromatic heterocycles. The van der Waals surface area contributed by atoms with Gasteiger partial charge in [0.15, 0.2) is 15.3 Å². The summed E-state index contributed by atoms with van der Waals surface area (Å²) in [6.45, 7) is 1.84. The Morgan fingerprint density at radius 1 is 0.862 bits per heavy atom. The van der Waals surface area contributed by atoms with Gasteiger partial charge in [0.1, 0.15) is 24.7 Å². The van der Waals surface area contributed by atoms with Crippen LogP contribution < -0.4 is 9.05 Å². The van der Waals surface area contributed by atoms with E-state index < -0.39 is 14.9 Å². The minimum atomic E-state index is -1.83. The molecule has 0 aliphatic rings. The number of quaternary nitrogens is 1. The fourth-order valence-corrected chi connectivity index (χ4v) is 3.43. The van der Waals surface area contributed by atoms with Crippen LogP contribution in [-0.2, 0) is 13.6 Å². The summed E-state index contributed by atoms with van der Waals surface area (Å²) in [6, 6.07) is 18.4. The van der Waals surface area contributed by atoms with Crippen LogP contribution in [0.4, 0.5) is 0 Å². The molecule has 2 rings (SSSR count). The SMILES string of the molecule is C[N+](C)(C)CCOPOCCC(O)OP(Oc1ccccc1)Oc1ccccc1. The Bertz CT molecular complexity index is 630. The number of likely N-dealkylation sites (N-methyl/N-ethyl adjacent to an activating group) is 1. The molecule has 2 aromatic carbocycles. The van der Waals surface area contributed by atoms with Gasteiger partial charge in [-0.05, 0) is 24.3 Å². The van der Waals surface area contributed by atoms with Gasteiger partial charge in [0.2, 0.25) is 0 Å². The number of para-hydroxylation sites is 2. The van der Waals surface area contributed by atoms with Gasteiger partial charge in [0, 0.05) is 6.42 Å². The molecular weight excluding hydrogens is 412 g/mol. The van der Waals surface area contributed by atoms with Gasteiger partial charge in [-0.1, -0.05) is 36.4 Å². The van der Waals surface area contributed by atoms with Crippen LogP contribution in [0.15, 0.2) is 60.7 Å². The third-order valence-corrected chi connectivity index (χ3v) is 5.28. The van der Waals surface area contributed by atoms with E-state index in [0.29, 0.717) is 24.7 Å². The number of hydrogen-bond acceptors (Lipinski definition) is 6. The highest BCUT2D eigenvalue weighted by Crippen LogP contribution is 2.42. The van der Waals surface area contributed by atoms with Crippen molar-refractivity contribution in [2.75, 3.05) is 40.9 Å². The molecule has 9 heteroatoms. The molecule has 0 saturated carbocycles. The number of aliphatic hydroxyl groups excluding tert-OH is 1. The molecule has 0 amide bonds. The summed E-state index contributed by atoms with van der Waals surface area (Å²) in [5, 5.41) is 10.2. The molecule has 160 valence electrons. The number of aliphatic hydroxyl groups is 1. The maximum atomic E-state index is 10.2. The fourth-order valence-electron chi connectivity index (χ4n) is 1.95. The van der Waals surface area contributed by atoms with Gasteiger partial charge in [0.05, 0.1) is 27.7 Å². The lowest BCUT2D eigenvalue weighted by Gasteiger charge is -2.23. The van der Waals surface area contributed by atoms with Crippen LogP contribution in [0.3, 0.4) is 0 Å². The smallest absolute Gasteiger partial charge is 0.418 e. The number of rotatable bonds is 14. The van der Waals surface area contributed by atoms with E-state index in [-0.39, 0.29) is 15.5 Å². The first-order valence-corrected chi connectivity index (χ1v) is 11.2. The van der Waals surface area contributed by atoms with E-state index in [9.17, 15) is 5.11 Å². The summed E-state index contributed by atoms with van der Waals surface area (Å²) in [5.74, 6) is 1.20. The Morgan fingerprint density at radius 2 is 1.38 bits per heavy atom. The van der Waals surface area contributed by atoms with Crippen LogP contribution in [0.25, 0.3) is 0 Å². The van der Waals surface area contributed by atoms with Crippen molar-refractivity contribution < 1.29 is 32.2 Å². The maximum Gasteiger partial charge on any atom is 0.465 e. The first kappa shape index (κ1) is 24.0. The van der Waals surface area contributed by atoms with Crippen LogP contribution in [0.5, 0.6) is 11.5 Å². The van der Waals surface area contributed by atoms with Crippen LogP contribution in [0.1, 0.15) is 6.42 Å². The van der Waals surface area contributed by atoms with Crippen molar-refractivity contribution in [3.8, 4) is 11.5 Å². The molecule has 0 radical (unpaired) electrons. The van der Waals surface area contributed by atoms with Crippen molar-refractivity contribution in [3.05, 3.63) is 60.7 Å². The van der Waals surface area contributed by atoms with Crippen molar-refractivity contribution >= 4 is 17.6 Å². The van der Waals surface area contributed by atoms with E-state index in [0.717, 1.165) is 11.0 Å². The van der Waals surface area contributed by atoms with Crippen molar-refractivity contribution in [3.63, 3.8) is 0 Å². The van der Waals surface area contributed by atoms with E-state index in [2.05, 4.69) is 21.1 Å². The van der Waals surface area contributed by atoms with E-state index in [1.54, 1.807) is 24.3 Å². The quantitative estimate of drug-likeness (QED) is 0.203. The Balaban J connectivity index is 1.74. The second kappa shape index (κ2) is 13.1. The van der Waals surface area contributed by atoms with Gasteiger partial charge in [-0.2, -0.15) is 0 Å². The molecule has 2 unspecified atom stereocenters. The molecule has 0 aliphatic carbocycles. The second-order valence-corrected chi connectivity index (χ2v) is 8.94. The molecule has 2 atom stereocenters. The molecule has 0 heterocycles. The van der Waals surface area contributed by atoms with Crippen LogP contribution >= 0.6 is 17.6 Å². The van der Waals surface area contributed by atoms with Gasteiger partial charge >= 0.3 is 8.60 Å². The van der Waals surface area contributed by atoms with E-state index in [4.69, 9.17) is 22.6 Å². The molecule has 0 aliphatic heterocycles. The highest BCUT2D eigenvalue weighted by atomic mass is 31.2. The first-order valence-electron chi connectivity index (χ1n) is 9.32. The summed E-state index contributed by atoms with van der Waals surface area (Å²) < 4.78 is 28.8. The monoisotopic (exact) mass is 442 g/mol. The topological polar surface area (TPSA) is 66.4 Å². The summed E-state index contributed by atoms with van der Waals surface area (Å²) in [6.07, 6.45) is -0.800. The molecule has 29 heavy (non-hydrogen) atoms. The zero-order valence-electron chi connectivity index (χ0n) is 17.1. The maximum absolute atomic E-state index is 10.2. The Morgan fingerprint density at radius 3 is 1.90 bits per heavy atom. The molecule has 0 fully saturated rings. The predicted molar refractivity (Wildman–Crippen MR) is 116 cm³/mol. The van der Waals surface area contributed by atoms with Crippen molar-refractivity contribution in [2.45, 2.75) is 12.7 Å². The molecule has 1 N–H and O–H groups in total. The molecule has 7 nitrogen and oxygen atoms in total. The molecule has 0 spiro atoms. The summed E-state index contributed by atoms with van der Waals surface area (Å²) in [5.41, 5.74) is 0. The average molecular weight is 442 g/mol. The minimum Gasteiger partial charge on any atom is -0.418 e. The van der Waals surface area contributed by atoms with Gasteiger partial charge < -0.3 is 27.7 Å². The van der Waals surface area contributed by atoms with Gasteiger partial charge in [0.25, 0.3) is 0 Å². The van der Waals surface area contributed by atoms with Crippen LogP contribution in [-0.4, -0.2) is 56.8 Å². The Labute approximate surface area is 176 Å². The van der Waals surface area contributed by atoms with Gasteiger partial charge in [-0.3, -0.25) is 4.52 Å². The Kier molecular flexibility index (Phi) is 10.8. The normalized spacial score (nSPS) is 13.1. The standard InChI is InChI=1S/C20H30NO6P2/c1-21(2,3)15-17-24-28-23-16-14-20(22)27-29(25-18-10-6-4-7-11-18)26-19-12-8-5-9-13-19/h4-13,20,22,28H,14-17H2,1-3H3/q+1. The average Bonchev–Trinajstić information content (AvgIpc) is 2.68. The first-order chi connectivity index (χ1) is 13.9. The lowest BCUT2D eigenvalue weighted by molar-refractivity contribution is -0.870. The lowest BCUT2D eigenvalue weighted by atomic mass is 10.3. The summed E-state index contributed by atoms with van der Waals surface area (Å²) in [7, 11) is 4.42. The molecular formula is C20H30NO6P2+. The number of hydrogen-bond donors (Lipinski definition) is 1. The van der Waals surface area contributed by atoms with Crippen molar-refractivity contribution in [2.24, 2.45) is 0 Å². The van der Waals surface area contributed by atoms with Crippen molar-refractivity contribution in [1.82, 2.24) is 0 Å². The third-order valence-electron chi connectivity index (χ3n) is 3.50. The predicted octanol–water partition coefficient (Wildman–Crippen LogP) is 4.34. The summed E-state index contributed by atoms with van der Waals surface area (Å²) >= 11 is 0. The molecule has 0 saturated heterocycles. The van der Waals surface area contributed by atoms with Crippen molar-refractivity contribution in [1.29, 1.82) is 0 Å². The minimum absolute atomic E-state index is 0.0647. The lowest BCUT2D eigenvalue weighted by Crippen LogP contribution is -2.37. The van der Waals surface area contributed by atoms with Gasteiger partial charge in [-0.15, -0.1) is 0 Å². The zero-order chi connectivity index (χ0) is 21.0. The third kappa shape index (κ3) is 11.5.